The van der Waals surface area contributed by atoms with Gasteiger partial charge in [-0.05, 0) is 50.2 Å². The topological polar surface area (TPSA) is 29.5 Å². The van der Waals surface area contributed by atoms with Crippen LogP contribution in [0.15, 0.2) is 25.3 Å². The molecule has 0 spiro atoms. The van der Waals surface area contributed by atoms with E-state index >= 15 is 0 Å². The van der Waals surface area contributed by atoms with Gasteiger partial charge in [-0.25, -0.2) is 0 Å². The van der Waals surface area contributed by atoms with Gasteiger partial charge in [0, 0.05) is 0 Å². The van der Waals surface area contributed by atoms with Crippen molar-refractivity contribution in [3.05, 3.63) is 25.3 Å². The average molecular weight is 335 g/mol. The molecule has 3 heteroatoms. The highest BCUT2D eigenvalue weighted by atomic mass is 28.4. The van der Waals surface area contributed by atoms with Crippen molar-refractivity contribution < 1.29 is 9.53 Å². The quantitative estimate of drug-likeness (QED) is 0.305. The highest BCUT2D eigenvalue weighted by molar-refractivity contribution is 6.74. The maximum absolute atomic E-state index is 11.1. The van der Waals surface area contributed by atoms with Crippen LogP contribution in [0.1, 0.15) is 52.9 Å². The standard InChI is InChI=1S/C20H34O2Si/c1-9-12-13-15-19(10-2)17(14-16-20(19,21)11-3)22-23(7,8)18(4,5)6/h2,9,11,17,21H,1,3,12-16H2,4-8H3/t17-,19-,20+/m1/s1. The third-order valence-electron chi connectivity index (χ3n) is 5.93. The molecule has 0 unspecified atom stereocenters. The van der Waals surface area contributed by atoms with Crippen LogP contribution in [0.2, 0.25) is 18.1 Å². The normalized spacial score (nSPS) is 31.6. The van der Waals surface area contributed by atoms with Gasteiger partial charge < -0.3 is 9.53 Å². The van der Waals surface area contributed by atoms with Crippen LogP contribution in [0.3, 0.4) is 0 Å². The van der Waals surface area contributed by atoms with Crippen LogP contribution in [0.5, 0.6) is 0 Å². The average Bonchev–Trinajstić information content (AvgIpc) is 2.72. The van der Waals surface area contributed by atoms with E-state index in [9.17, 15) is 5.11 Å². The Bertz CT molecular complexity index is 483. The summed E-state index contributed by atoms with van der Waals surface area (Å²) in [6, 6.07) is 0. The first kappa shape index (κ1) is 20.2. The fourth-order valence-electron chi connectivity index (χ4n) is 3.27. The maximum Gasteiger partial charge on any atom is 0.192 e. The molecular weight excluding hydrogens is 300 g/mol. The monoisotopic (exact) mass is 334 g/mol. The molecule has 0 aliphatic heterocycles. The molecule has 1 aliphatic rings. The molecule has 0 saturated heterocycles. The summed E-state index contributed by atoms with van der Waals surface area (Å²) in [7, 11) is -1.96. The molecule has 3 atom stereocenters. The molecule has 0 bridgehead atoms. The molecular formula is C20H34O2Si. The number of rotatable bonds is 7. The van der Waals surface area contributed by atoms with E-state index in [4.69, 9.17) is 10.8 Å². The van der Waals surface area contributed by atoms with E-state index in [2.05, 4.69) is 52.9 Å². The SMILES string of the molecule is C#C[C@@]1(CCCC=C)[C@H](O[Si](C)(C)C(C)(C)C)CC[C@@]1(O)C=C. The Labute approximate surface area is 144 Å². The van der Waals surface area contributed by atoms with Crippen molar-refractivity contribution >= 4 is 8.32 Å². The molecule has 0 aromatic heterocycles. The molecule has 1 fully saturated rings. The molecule has 1 rings (SSSR count). The van der Waals surface area contributed by atoms with E-state index < -0.39 is 19.3 Å². The van der Waals surface area contributed by atoms with Gasteiger partial charge in [-0.3, -0.25) is 0 Å². The van der Waals surface area contributed by atoms with E-state index in [-0.39, 0.29) is 11.1 Å². The minimum atomic E-state index is -1.96. The van der Waals surface area contributed by atoms with Crippen LogP contribution in [0.4, 0.5) is 0 Å². The lowest BCUT2D eigenvalue weighted by molar-refractivity contribution is -0.0340. The number of unbranched alkanes of at least 4 members (excludes halogenated alkanes) is 1. The highest BCUT2D eigenvalue weighted by Crippen LogP contribution is 2.53. The second kappa shape index (κ2) is 6.97. The van der Waals surface area contributed by atoms with Gasteiger partial charge in [0.05, 0.1) is 11.5 Å². The Morgan fingerprint density at radius 1 is 1.39 bits per heavy atom. The van der Waals surface area contributed by atoms with Crippen molar-refractivity contribution in [1.82, 2.24) is 0 Å². The van der Waals surface area contributed by atoms with Crippen LogP contribution in [-0.2, 0) is 4.43 Å². The fraction of sp³-hybridized carbons (Fsp3) is 0.700. The predicted octanol–water partition coefficient (Wildman–Crippen LogP) is 5.06. The Balaban J connectivity index is 3.17. The van der Waals surface area contributed by atoms with Gasteiger partial charge in [0.1, 0.15) is 5.60 Å². The second-order valence-corrected chi connectivity index (χ2v) is 13.1. The van der Waals surface area contributed by atoms with Gasteiger partial charge in [-0.1, -0.05) is 38.8 Å². The first-order valence-electron chi connectivity index (χ1n) is 8.62. The van der Waals surface area contributed by atoms with Gasteiger partial charge in [-0.15, -0.1) is 19.6 Å². The molecule has 23 heavy (non-hydrogen) atoms. The molecule has 0 heterocycles. The summed E-state index contributed by atoms with van der Waals surface area (Å²) in [6.45, 7) is 18.8. The van der Waals surface area contributed by atoms with E-state index in [1.807, 2.05) is 6.08 Å². The molecule has 1 N–H and O–H groups in total. The molecule has 0 aromatic carbocycles. The molecule has 1 saturated carbocycles. The van der Waals surface area contributed by atoms with Gasteiger partial charge in [0.25, 0.3) is 0 Å². The third-order valence-corrected chi connectivity index (χ3v) is 10.4. The number of hydrogen-bond acceptors (Lipinski definition) is 2. The Morgan fingerprint density at radius 2 is 2.00 bits per heavy atom. The zero-order valence-corrected chi connectivity index (χ0v) is 16.6. The summed E-state index contributed by atoms with van der Waals surface area (Å²) in [5.74, 6) is 2.94. The van der Waals surface area contributed by atoms with E-state index in [1.54, 1.807) is 6.08 Å². The minimum Gasteiger partial charge on any atom is -0.412 e. The van der Waals surface area contributed by atoms with Gasteiger partial charge in [0.15, 0.2) is 8.32 Å². The number of aliphatic hydroxyl groups is 1. The van der Waals surface area contributed by atoms with Crippen molar-refractivity contribution in [3.63, 3.8) is 0 Å². The van der Waals surface area contributed by atoms with Crippen LogP contribution >= 0.6 is 0 Å². The van der Waals surface area contributed by atoms with E-state index in [0.717, 1.165) is 25.7 Å². The third kappa shape index (κ3) is 3.65. The molecule has 0 aromatic rings. The molecule has 130 valence electrons. The van der Waals surface area contributed by atoms with Crippen LogP contribution in [0, 0.1) is 17.8 Å². The summed E-state index contributed by atoms with van der Waals surface area (Å²) in [6.07, 6.45) is 13.3. The molecule has 2 nitrogen and oxygen atoms in total. The lowest BCUT2D eigenvalue weighted by Crippen LogP contribution is -2.52. The predicted molar refractivity (Wildman–Crippen MR) is 102 cm³/mol. The summed E-state index contributed by atoms with van der Waals surface area (Å²) in [5, 5.41) is 11.2. The van der Waals surface area contributed by atoms with Crippen molar-refractivity contribution in [2.45, 2.75) is 82.7 Å². The van der Waals surface area contributed by atoms with Gasteiger partial charge in [0.2, 0.25) is 0 Å². The highest BCUT2D eigenvalue weighted by Gasteiger charge is 2.59. The number of allylic oxidation sites excluding steroid dienone is 1. The summed E-state index contributed by atoms with van der Waals surface area (Å²) in [4.78, 5) is 0. The Kier molecular flexibility index (Phi) is 6.13. The van der Waals surface area contributed by atoms with Crippen LogP contribution < -0.4 is 0 Å². The lowest BCUT2D eigenvalue weighted by atomic mass is 9.70. The first-order chi connectivity index (χ1) is 10.5. The zero-order valence-electron chi connectivity index (χ0n) is 15.6. The van der Waals surface area contributed by atoms with Gasteiger partial charge >= 0.3 is 0 Å². The van der Waals surface area contributed by atoms with Crippen LogP contribution in [-0.4, -0.2) is 25.1 Å². The Hall–Kier alpha value is -0.823. The lowest BCUT2D eigenvalue weighted by Gasteiger charge is -2.45. The fourth-order valence-corrected chi connectivity index (χ4v) is 4.65. The molecule has 0 amide bonds. The van der Waals surface area contributed by atoms with E-state index in [1.165, 1.54) is 0 Å². The van der Waals surface area contributed by atoms with Crippen molar-refractivity contribution in [3.8, 4) is 12.3 Å². The van der Waals surface area contributed by atoms with Gasteiger partial charge in [-0.2, -0.15) is 0 Å². The Morgan fingerprint density at radius 3 is 2.43 bits per heavy atom. The van der Waals surface area contributed by atoms with Crippen molar-refractivity contribution in [2.24, 2.45) is 5.41 Å². The van der Waals surface area contributed by atoms with Crippen molar-refractivity contribution in [2.75, 3.05) is 0 Å². The summed E-state index contributed by atoms with van der Waals surface area (Å²) in [5.41, 5.74) is -1.73. The summed E-state index contributed by atoms with van der Waals surface area (Å²) < 4.78 is 6.66. The maximum atomic E-state index is 11.1. The van der Waals surface area contributed by atoms with Crippen molar-refractivity contribution in [1.29, 1.82) is 0 Å². The largest absolute Gasteiger partial charge is 0.412 e. The smallest absolute Gasteiger partial charge is 0.192 e. The van der Waals surface area contributed by atoms with E-state index in [0.29, 0.717) is 6.42 Å². The molecule has 0 radical (unpaired) electrons. The second-order valence-electron chi connectivity index (χ2n) is 8.33. The number of terminal acetylenes is 1. The number of hydrogen-bond donors (Lipinski definition) is 1. The first-order valence-corrected chi connectivity index (χ1v) is 11.5. The summed E-state index contributed by atoms with van der Waals surface area (Å²) >= 11 is 0. The molecule has 1 aliphatic carbocycles. The van der Waals surface area contributed by atoms with Crippen LogP contribution in [0.25, 0.3) is 0 Å². The zero-order chi connectivity index (χ0) is 17.9. The minimum absolute atomic E-state index is 0.110.